The molecule has 0 aliphatic carbocycles. The van der Waals surface area contributed by atoms with Crippen molar-refractivity contribution in [3.05, 3.63) is 59.9 Å². The van der Waals surface area contributed by atoms with E-state index in [1.54, 1.807) is 28.3 Å². The van der Waals surface area contributed by atoms with Crippen molar-refractivity contribution in [3.63, 3.8) is 0 Å². The van der Waals surface area contributed by atoms with Crippen LogP contribution in [-0.4, -0.2) is 70.9 Å². The van der Waals surface area contributed by atoms with E-state index in [2.05, 4.69) is 15.2 Å². The zero-order valence-corrected chi connectivity index (χ0v) is 20.3. The van der Waals surface area contributed by atoms with Gasteiger partial charge in [-0.1, -0.05) is 31.5 Å². The maximum Gasteiger partial charge on any atom is 0.251 e. The van der Waals surface area contributed by atoms with Crippen LogP contribution in [0.4, 0.5) is 5.69 Å². The first-order chi connectivity index (χ1) is 16.2. The van der Waals surface area contributed by atoms with Crippen LogP contribution in [0.25, 0.3) is 0 Å². The second kappa shape index (κ2) is 9.44. The molecule has 2 saturated heterocycles. The van der Waals surface area contributed by atoms with Gasteiger partial charge in [-0.15, -0.1) is 0 Å². The lowest BCUT2D eigenvalue weighted by Crippen LogP contribution is -2.60. The number of carbonyl (C=O) groups excluding carboxylic acids is 3. The number of aryl methyl sites for hydroxylation is 1. The van der Waals surface area contributed by atoms with Crippen molar-refractivity contribution >= 4 is 23.4 Å². The molecule has 3 amide bonds. The Kier molecular flexibility index (Phi) is 6.59. The van der Waals surface area contributed by atoms with Crippen molar-refractivity contribution in [1.82, 2.24) is 20.1 Å². The Morgan fingerprint density at radius 2 is 1.85 bits per heavy atom. The van der Waals surface area contributed by atoms with Crippen molar-refractivity contribution < 1.29 is 14.4 Å². The first-order valence-corrected chi connectivity index (χ1v) is 11.8. The highest BCUT2D eigenvalue weighted by molar-refractivity contribution is 5.98. The van der Waals surface area contributed by atoms with Crippen molar-refractivity contribution in [2.24, 2.45) is 5.92 Å². The molecule has 0 radical (unpaired) electrons. The number of pyridine rings is 1. The SMILES string of the molecule is Cc1cccc(C(=O)N[C@@H](C(=O)N2CCC3(CC2)C(=O)N(C)CN3c2cccnc2)C(C)C)c1. The third kappa shape index (κ3) is 4.36. The van der Waals surface area contributed by atoms with Crippen molar-refractivity contribution in [1.29, 1.82) is 0 Å². The van der Waals surface area contributed by atoms with Gasteiger partial charge in [-0.3, -0.25) is 19.4 Å². The zero-order chi connectivity index (χ0) is 24.5. The van der Waals surface area contributed by atoms with E-state index in [9.17, 15) is 14.4 Å². The van der Waals surface area contributed by atoms with Gasteiger partial charge in [0.25, 0.3) is 5.91 Å². The monoisotopic (exact) mass is 463 g/mol. The molecule has 8 heteroatoms. The molecule has 1 aromatic carbocycles. The lowest BCUT2D eigenvalue weighted by atomic mass is 9.85. The average molecular weight is 464 g/mol. The number of aromatic nitrogens is 1. The molecular formula is C26H33N5O3. The Morgan fingerprint density at radius 1 is 1.12 bits per heavy atom. The van der Waals surface area contributed by atoms with Gasteiger partial charge in [0.15, 0.2) is 0 Å². The summed E-state index contributed by atoms with van der Waals surface area (Å²) in [6.07, 6.45) is 4.57. The summed E-state index contributed by atoms with van der Waals surface area (Å²) in [6.45, 7) is 7.22. The Hall–Kier alpha value is -3.42. The molecule has 0 unspecified atom stereocenters. The van der Waals surface area contributed by atoms with Gasteiger partial charge in [-0.2, -0.15) is 0 Å². The van der Waals surface area contributed by atoms with Gasteiger partial charge in [0.05, 0.1) is 18.6 Å². The third-order valence-electron chi connectivity index (χ3n) is 6.97. The lowest BCUT2D eigenvalue weighted by molar-refractivity contribution is -0.139. The van der Waals surface area contributed by atoms with E-state index in [-0.39, 0.29) is 23.6 Å². The second-order valence-corrected chi connectivity index (χ2v) is 9.71. The van der Waals surface area contributed by atoms with E-state index in [0.717, 1.165) is 11.3 Å². The number of benzene rings is 1. The summed E-state index contributed by atoms with van der Waals surface area (Å²) in [5.74, 6) is -0.336. The fourth-order valence-electron chi connectivity index (χ4n) is 5.03. The molecule has 8 nitrogen and oxygen atoms in total. The molecule has 3 heterocycles. The number of hydrogen-bond donors (Lipinski definition) is 1. The summed E-state index contributed by atoms with van der Waals surface area (Å²) in [6, 6.07) is 10.6. The number of rotatable bonds is 5. The largest absolute Gasteiger partial charge is 0.341 e. The highest BCUT2D eigenvalue weighted by Crippen LogP contribution is 2.38. The summed E-state index contributed by atoms with van der Waals surface area (Å²) in [7, 11) is 1.81. The van der Waals surface area contributed by atoms with Crippen LogP contribution in [0.15, 0.2) is 48.8 Å². The smallest absolute Gasteiger partial charge is 0.251 e. The third-order valence-corrected chi connectivity index (χ3v) is 6.97. The maximum atomic E-state index is 13.5. The van der Waals surface area contributed by atoms with Crippen LogP contribution in [0.2, 0.25) is 0 Å². The fraction of sp³-hybridized carbons (Fsp3) is 0.462. The van der Waals surface area contributed by atoms with Crippen molar-refractivity contribution in [3.8, 4) is 0 Å². The number of hydrogen-bond acceptors (Lipinski definition) is 5. The lowest BCUT2D eigenvalue weighted by Gasteiger charge is -2.44. The van der Waals surface area contributed by atoms with E-state index in [1.807, 2.05) is 58.2 Å². The standard InChI is InChI=1S/C26H33N5O3/c1-18(2)22(28-23(32)20-8-5-7-19(3)15-20)24(33)30-13-10-26(11-14-30)25(34)29(4)17-31(26)21-9-6-12-27-16-21/h5-9,12,15-16,18,22H,10-11,13-14,17H2,1-4H3,(H,28,32)/t22-/m1/s1. The van der Waals surface area contributed by atoms with Crippen LogP contribution < -0.4 is 10.2 Å². The number of carbonyl (C=O) groups is 3. The van der Waals surface area contributed by atoms with Gasteiger partial charge in [-0.25, -0.2) is 0 Å². The highest BCUT2D eigenvalue weighted by atomic mass is 16.2. The number of amides is 3. The molecule has 0 bridgehead atoms. The van der Waals surface area contributed by atoms with Gasteiger partial charge in [-0.05, 0) is 49.9 Å². The Bertz CT molecular complexity index is 1060. The Morgan fingerprint density at radius 3 is 2.47 bits per heavy atom. The van der Waals surface area contributed by atoms with Gasteiger partial charge >= 0.3 is 0 Å². The van der Waals surface area contributed by atoms with Crippen LogP contribution in [0.1, 0.15) is 42.6 Å². The number of nitrogens with one attached hydrogen (secondary N) is 1. The van der Waals surface area contributed by atoms with Gasteiger partial charge in [0, 0.05) is 31.9 Å². The van der Waals surface area contributed by atoms with E-state index >= 15 is 0 Å². The summed E-state index contributed by atoms with van der Waals surface area (Å²) in [4.78, 5) is 49.4. The van der Waals surface area contributed by atoms with Gasteiger partial charge in [0.2, 0.25) is 11.8 Å². The predicted molar refractivity (Wildman–Crippen MR) is 130 cm³/mol. The van der Waals surface area contributed by atoms with E-state index in [4.69, 9.17) is 0 Å². The number of anilines is 1. The van der Waals surface area contributed by atoms with E-state index < -0.39 is 11.6 Å². The number of likely N-dealkylation sites (tertiary alicyclic amines) is 1. The molecule has 2 aliphatic heterocycles. The molecule has 1 aromatic heterocycles. The molecule has 180 valence electrons. The predicted octanol–water partition coefficient (Wildman–Crippen LogP) is 2.44. The van der Waals surface area contributed by atoms with Crippen LogP contribution in [0, 0.1) is 12.8 Å². The Balaban J connectivity index is 1.48. The molecule has 1 N–H and O–H groups in total. The van der Waals surface area contributed by atoms with Crippen LogP contribution >= 0.6 is 0 Å². The minimum absolute atomic E-state index is 0.0664. The first kappa shape index (κ1) is 23.7. The summed E-state index contributed by atoms with van der Waals surface area (Å²) in [5, 5.41) is 2.94. The second-order valence-electron chi connectivity index (χ2n) is 9.71. The average Bonchev–Trinajstić information content (AvgIpc) is 3.07. The number of likely N-dealkylation sites (N-methyl/N-ethyl adjacent to an activating group) is 1. The highest BCUT2D eigenvalue weighted by Gasteiger charge is 2.53. The minimum Gasteiger partial charge on any atom is -0.341 e. The zero-order valence-electron chi connectivity index (χ0n) is 20.3. The quantitative estimate of drug-likeness (QED) is 0.736. The van der Waals surface area contributed by atoms with E-state index in [1.165, 1.54) is 0 Å². The minimum atomic E-state index is -0.674. The first-order valence-electron chi connectivity index (χ1n) is 11.8. The van der Waals surface area contributed by atoms with Crippen LogP contribution in [-0.2, 0) is 9.59 Å². The summed E-state index contributed by atoms with van der Waals surface area (Å²) < 4.78 is 0. The van der Waals surface area contributed by atoms with Crippen LogP contribution in [0.3, 0.4) is 0 Å². The molecule has 2 fully saturated rings. The molecule has 1 atom stereocenters. The topological polar surface area (TPSA) is 85.8 Å². The van der Waals surface area contributed by atoms with Crippen LogP contribution in [0.5, 0.6) is 0 Å². The van der Waals surface area contributed by atoms with E-state index in [0.29, 0.717) is 38.2 Å². The maximum absolute atomic E-state index is 13.5. The molecule has 34 heavy (non-hydrogen) atoms. The summed E-state index contributed by atoms with van der Waals surface area (Å²) >= 11 is 0. The molecular weight excluding hydrogens is 430 g/mol. The normalized spacial score (nSPS) is 18.5. The molecule has 2 aromatic rings. The molecule has 2 aliphatic rings. The Labute approximate surface area is 200 Å². The fourth-order valence-corrected chi connectivity index (χ4v) is 5.03. The molecule has 4 rings (SSSR count). The van der Waals surface area contributed by atoms with Gasteiger partial charge in [0.1, 0.15) is 11.6 Å². The van der Waals surface area contributed by atoms with Gasteiger partial charge < -0.3 is 20.0 Å². The number of piperidine rings is 1. The molecule has 0 saturated carbocycles. The summed E-state index contributed by atoms with van der Waals surface area (Å²) in [5.41, 5.74) is 1.77. The number of nitrogens with zero attached hydrogens (tertiary/aromatic N) is 4. The molecule has 1 spiro atoms. The van der Waals surface area contributed by atoms with Crippen molar-refractivity contribution in [2.75, 3.05) is 31.7 Å². The van der Waals surface area contributed by atoms with Crippen molar-refractivity contribution in [2.45, 2.75) is 45.2 Å².